The third-order valence-corrected chi connectivity index (χ3v) is 5.03. The molecule has 1 aliphatic heterocycles. The fraction of sp³-hybridized carbons (Fsp3) is 0.500. The second-order valence-corrected chi connectivity index (χ2v) is 7.92. The monoisotopic (exact) mass is 315 g/mol. The SMILES string of the molecule is CC(C)(C)c1csc(CN2CCNCC2c2ccccc2)n1. The predicted molar refractivity (Wildman–Crippen MR) is 93.3 cm³/mol. The number of aromatic nitrogens is 1. The molecule has 1 aromatic heterocycles. The molecular formula is C18H25N3S. The molecule has 3 rings (SSSR count). The van der Waals surface area contributed by atoms with Gasteiger partial charge in [0.2, 0.25) is 0 Å². The number of nitrogens with zero attached hydrogens (tertiary/aromatic N) is 2. The zero-order valence-electron chi connectivity index (χ0n) is 13.7. The number of thiazole rings is 1. The molecule has 1 saturated heterocycles. The molecule has 0 amide bonds. The lowest BCUT2D eigenvalue weighted by Gasteiger charge is -2.36. The fourth-order valence-electron chi connectivity index (χ4n) is 2.84. The third-order valence-electron chi connectivity index (χ3n) is 4.20. The molecule has 0 saturated carbocycles. The van der Waals surface area contributed by atoms with Crippen molar-refractivity contribution in [2.75, 3.05) is 19.6 Å². The van der Waals surface area contributed by atoms with Gasteiger partial charge in [-0.05, 0) is 5.56 Å². The van der Waals surface area contributed by atoms with Crippen LogP contribution in [-0.2, 0) is 12.0 Å². The molecule has 1 N–H and O–H groups in total. The van der Waals surface area contributed by atoms with Crippen molar-refractivity contribution >= 4 is 11.3 Å². The fourth-order valence-corrected chi connectivity index (χ4v) is 3.89. The zero-order valence-corrected chi connectivity index (χ0v) is 14.5. The molecule has 118 valence electrons. The number of benzene rings is 1. The summed E-state index contributed by atoms with van der Waals surface area (Å²) < 4.78 is 0. The minimum atomic E-state index is 0.136. The van der Waals surface area contributed by atoms with Gasteiger partial charge in [0.05, 0.1) is 12.2 Å². The van der Waals surface area contributed by atoms with Crippen molar-refractivity contribution < 1.29 is 0 Å². The molecule has 0 radical (unpaired) electrons. The minimum absolute atomic E-state index is 0.136. The van der Waals surface area contributed by atoms with Crippen LogP contribution in [0.2, 0.25) is 0 Å². The first-order valence-electron chi connectivity index (χ1n) is 7.98. The first-order chi connectivity index (χ1) is 10.5. The van der Waals surface area contributed by atoms with E-state index >= 15 is 0 Å². The quantitative estimate of drug-likeness (QED) is 0.938. The Labute approximate surface area is 137 Å². The molecule has 2 heterocycles. The van der Waals surface area contributed by atoms with Crippen LogP contribution >= 0.6 is 11.3 Å². The van der Waals surface area contributed by atoms with Crippen molar-refractivity contribution in [3.63, 3.8) is 0 Å². The standard InChI is InChI=1S/C18H25N3S/c1-18(2,3)16-13-22-17(20-16)12-21-10-9-19-11-15(21)14-7-5-4-6-8-14/h4-8,13,15,19H,9-12H2,1-3H3. The molecule has 1 aliphatic rings. The highest BCUT2D eigenvalue weighted by molar-refractivity contribution is 7.09. The van der Waals surface area contributed by atoms with Gasteiger partial charge in [0.1, 0.15) is 5.01 Å². The molecule has 22 heavy (non-hydrogen) atoms. The van der Waals surface area contributed by atoms with Crippen LogP contribution < -0.4 is 5.32 Å². The van der Waals surface area contributed by atoms with Gasteiger partial charge in [-0.3, -0.25) is 4.90 Å². The van der Waals surface area contributed by atoms with Crippen LogP contribution in [0.25, 0.3) is 0 Å². The van der Waals surface area contributed by atoms with E-state index in [1.54, 1.807) is 11.3 Å². The number of hydrogen-bond donors (Lipinski definition) is 1. The van der Waals surface area contributed by atoms with Crippen molar-refractivity contribution in [3.8, 4) is 0 Å². The Kier molecular flexibility index (Phi) is 4.62. The van der Waals surface area contributed by atoms with E-state index in [-0.39, 0.29) is 5.41 Å². The molecule has 4 heteroatoms. The first kappa shape index (κ1) is 15.7. The summed E-state index contributed by atoms with van der Waals surface area (Å²) in [5, 5.41) is 6.97. The van der Waals surface area contributed by atoms with Crippen molar-refractivity contribution in [1.82, 2.24) is 15.2 Å². The summed E-state index contributed by atoms with van der Waals surface area (Å²) in [5.74, 6) is 0. The molecule has 1 atom stereocenters. The smallest absolute Gasteiger partial charge is 0.107 e. The normalized spacial score (nSPS) is 20.2. The maximum absolute atomic E-state index is 4.86. The van der Waals surface area contributed by atoms with Gasteiger partial charge in [-0.1, -0.05) is 51.1 Å². The number of rotatable bonds is 3. The van der Waals surface area contributed by atoms with Gasteiger partial charge in [0.15, 0.2) is 0 Å². The van der Waals surface area contributed by atoms with E-state index in [1.165, 1.54) is 16.3 Å². The van der Waals surface area contributed by atoms with Crippen LogP contribution in [0, 0.1) is 0 Å². The highest BCUT2D eigenvalue weighted by Gasteiger charge is 2.25. The van der Waals surface area contributed by atoms with Crippen LogP contribution in [0.1, 0.15) is 43.1 Å². The summed E-state index contributed by atoms with van der Waals surface area (Å²) in [6.45, 7) is 10.8. The highest BCUT2D eigenvalue weighted by Crippen LogP contribution is 2.28. The average Bonchev–Trinajstić information content (AvgIpc) is 2.97. The topological polar surface area (TPSA) is 28.2 Å². The van der Waals surface area contributed by atoms with Crippen molar-refractivity contribution in [3.05, 3.63) is 52.0 Å². The summed E-state index contributed by atoms with van der Waals surface area (Å²) >= 11 is 1.79. The van der Waals surface area contributed by atoms with Gasteiger partial charge in [-0.25, -0.2) is 4.98 Å². The molecule has 2 aromatic rings. The van der Waals surface area contributed by atoms with Crippen LogP contribution in [0.15, 0.2) is 35.7 Å². The second-order valence-electron chi connectivity index (χ2n) is 6.98. The van der Waals surface area contributed by atoms with E-state index in [0.29, 0.717) is 6.04 Å². The number of hydrogen-bond acceptors (Lipinski definition) is 4. The van der Waals surface area contributed by atoms with Crippen LogP contribution in [0.5, 0.6) is 0 Å². The van der Waals surface area contributed by atoms with E-state index in [0.717, 1.165) is 26.2 Å². The molecule has 0 aliphatic carbocycles. The molecule has 0 bridgehead atoms. The Morgan fingerprint density at radius 2 is 2.05 bits per heavy atom. The Bertz CT molecular complexity index is 600. The number of piperazine rings is 1. The Morgan fingerprint density at radius 3 is 2.73 bits per heavy atom. The van der Waals surface area contributed by atoms with E-state index in [1.807, 2.05) is 0 Å². The summed E-state index contributed by atoms with van der Waals surface area (Å²) in [7, 11) is 0. The van der Waals surface area contributed by atoms with Crippen molar-refractivity contribution in [1.29, 1.82) is 0 Å². The van der Waals surface area contributed by atoms with Gasteiger partial charge < -0.3 is 5.32 Å². The predicted octanol–water partition coefficient (Wildman–Crippen LogP) is 3.59. The van der Waals surface area contributed by atoms with Gasteiger partial charge in [0.25, 0.3) is 0 Å². The van der Waals surface area contributed by atoms with Crippen LogP contribution in [0.3, 0.4) is 0 Å². The maximum Gasteiger partial charge on any atom is 0.107 e. The van der Waals surface area contributed by atoms with Crippen LogP contribution in [0.4, 0.5) is 0 Å². The third kappa shape index (κ3) is 3.57. The van der Waals surface area contributed by atoms with Gasteiger partial charge in [0, 0.05) is 36.5 Å². The molecular weight excluding hydrogens is 290 g/mol. The van der Waals surface area contributed by atoms with E-state index < -0.39 is 0 Å². The summed E-state index contributed by atoms with van der Waals surface area (Å²) in [5.41, 5.74) is 2.73. The zero-order chi connectivity index (χ0) is 15.6. The molecule has 1 aromatic carbocycles. The van der Waals surface area contributed by atoms with Crippen LogP contribution in [-0.4, -0.2) is 29.5 Å². The molecule has 3 nitrogen and oxygen atoms in total. The van der Waals surface area contributed by atoms with Gasteiger partial charge >= 0.3 is 0 Å². The lowest BCUT2D eigenvalue weighted by molar-refractivity contribution is 0.153. The van der Waals surface area contributed by atoms with Crippen molar-refractivity contribution in [2.24, 2.45) is 0 Å². The lowest BCUT2D eigenvalue weighted by Crippen LogP contribution is -2.45. The number of nitrogens with one attached hydrogen (secondary N) is 1. The molecule has 1 fully saturated rings. The molecule has 0 spiro atoms. The Balaban J connectivity index is 1.76. The molecule has 1 unspecified atom stereocenters. The lowest BCUT2D eigenvalue weighted by atomic mass is 9.93. The first-order valence-corrected chi connectivity index (χ1v) is 8.86. The summed E-state index contributed by atoms with van der Waals surface area (Å²) in [4.78, 5) is 7.41. The summed E-state index contributed by atoms with van der Waals surface area (Å²) in [6.07, 6.45) is 0. The second kappa shape index (κ2) is 6.49. The largest absolute Gasteiger partial charge is 0.314 e. The summed E-state index contributed by atoms with van der Waals surface area (Å²) in [6, 6.07) is 11.2. The average molecular weight is 315 g/mol. The van der Waals surface area contributed by atoms with E-state index in [2.05, 4.69) is 66.7 Å². The minimum Gasteiger partial charge on any atom is -0.314 e. The van der Waals surface area contributed by atoms with Gasteiger partial charge in [-0.2, -0.15) is 0 Å². The Hall–Kier alpha value is -1.23. The van der Waals surface area contributed by atoms with Crippen molar-refractivity contribution in [2.45, 2.75) is 38.8 Å². The van der Waals surface area contributed by atoms with E-state index in [4.69, 9.17) is 4.98 Å². The highest BCUT2D eigenvalue weighted by atomic mass is 32.1. The van der Waals surface area contributed by atoms with Gasteiger partial charge in [-0.15, -0.1) is 11.3 Å². The Morgan fingerprint density at radius 1 is 1.27 bits per heavy atom. The maximum atomic E-state index is 4.86. The van der Waals surface area contributed by atoms with E-state index in [9.17, 15) is 0 Å².